The van der Waals surface area contributed by atoms with Crippen LogP contribution < -0.4 is 0 Å². The third kappa shape index (κ3) is 3.54. The molecule has 2 aromatic rings. The van der Waals surface area contributed by atoms with Crippen LogP contribution >= 0.6 is 11.3 Å². The number of thiophene rings is 1. The molecule has 0 aliphatic carbocycles. The molecule has 6 heteroatoms. The van der Waals surface area contributed by atoms with Gasteiger partial charge in [-0.2, -0.15) is 5.10 Å². The smallest absolute Gasteiger partial charge is 0.246 e. The van der Waals surface area contributed by atoms with E-state index in [1.54, 1.807) is 17.4 Å². The summed E-state index contributed by atoms with van der Waals surface area (Å²) in [6, 6.07) is 3.98. The molecule has 5 nitrogen and oxygen atoms in total. The van der Waals surface area contributed by atoms with E-state index in [1.165, 1.54) is 5.56 Å². The van der Waals surface area contributed by atoms with E-state index < -0.39 is 0 Å². The first-order chi connectivity index (χ1) is 11.2. The number of rotatable bonds is 5. The minimum Gasteiger partial charge on any atom is -0.381 e. The number of aromatic nitrogens is 2. The van der Waals surface area contributed by atoms with Crippen LogP contribution in [-0.4, -0.2) is 40.3 Å². The fourth-order valence-corrected chi connectivity index (χ4v) is 3.46. The van der Waals surface area contributed by atoms with E-state index in [-0.39, 0.29) is 11.8 Å². The summed E-state index contributed by atoms with van der Waals surface area (Å²) in [5, 5.41) is 6.35. The molecule has 2 aromatic heterocycles. The molecule has 0 fully saturated rings. The van der Waals surface area contributed by atoms with Crippen molar-refractivity contribution in [2.75, 3.05) is 19.8 Å². The van der Waals surface area contributed by atoms with E-state index in [0.717, 1.165) is 10.6 Å². The second-order valence-electron chi connectivity index (χ2n) is 5.59. The molecule has 1 amide bonds. The average Bonchev–Trinajstić information content (AvgIpc) is 3.20. The Morgan fingerprint density at radius 1 is 1.57 bits per heavy atom. The Morgan fingerprint density at radius 2 is 2.43 bits per heavy atom. The molecule has 23 heavy (non-hydrogen) atoms. The predicted octanol–water partition coefficient (Wildman–Crippen LogP) is 2.66. The van der Waals surface area contributed by atoms with Crippen LogP contribution in [0, 0.1) is 0 Å². The van der Waals surface area contributed by atoms with Gasteiger partial charge in [-0.05, 0) is 24.4 Å². The van der Waals surface area contributed by atoms with Gasteiger partial charge in [-0.1, -0.05) is 6.07 Å². The van der Waals surface area contributed by atoms with Crippen molar-refractivity contribution in [3.63, 3.8) is 0 Å². The lowest BCUT2D eigenvalue weighted by atomic mass is 9.95. The van der Waals surface area contributed by atoms with Gasteiger partial charge in [0.1, 0.15) is 0 Å². The van der Waals surface area contributed by atoms with Crippen LogP contribution in [0.5, 0.6) is 0 Å². The summed E-state index contributed by atoms with van der Waals surface area (Å²) in [5.74, 6) is 0.221. The molecule has 0 aromatic carbocycles. The molecule has 0 saturated heterocycles. The quantitative estimate of drug-likeness (QED) is 0.792. The Labute approximate surface area is 140 Å². The van der Waals surface area contributed by atoms with Gasteiger partial charge in [0.05, 0.1) is 25.0 Å². The number of aryl methyl sites for hydroxylation is 1. The van der Waals surface area contributed by atoms with Crippen LogP contribution in [0.25, 0.3) is 6.08 Å². The number of amides is 1. The fraction of sp³-hybridized carbons (Fsp3) is 0.412. The molecular weight excluding hydrogens is 310 g/mol. The molecule has 3 heterocycles. The zero-order valence-corrected chi connectivity index (χ0v) is 14.3. The molecule has 0 saturated carbocycles. The largest absolute Gasteiger partial charge is 0.381 e. The first-order valence-corrected chi connectivity index (χ1v) is 8.66. The van der Waals surface area contributed by atoms with Gasteiger partial charge in [0.2, 0.25) is 5.91 Å². The molecule has 0 N–H and O–H groups in total. The Bertz CT molecular complexity index is 691. The topological polar surface area (TPSA) is 47.4 Å². The first kappa shape index (κ1) is 16.0. The number of carbonyl (C=O) groups excluding carboxylic acids is 1. The highest BCUT2D eigenvalue weighted by molar-refractivity contribution is 7.10. The lowest BCUT2D eigenvalue weighted by molar-refractivity contribution is -0.127. The van der Waals surface area contributed by atoms with Crippen LogP contribution in [0.2, 0.25) is 0 Å². The summed E-state index contributed by atoms with van der Waals surface area (Å²) in [7, 11) is 1.92. The van der Waals surface area contributed by atoms with Crippen LogP contribution in [0.1, 0.15) is 29.0 Å². The highest BCUT2D eigenvalue weighted by Gasteiger charge is 2.30. The van der Waals surface area contributed by atoms with E-state index >= 15 is 0 Å². The van der Waals surface area contributed by atoms with Crippen molar-refractivity contribution in [3.05, 3.63) is 45.9 Å². The standard InChI is InChI=1S/C17H21N3O2S/c1-3-22-12-13-10-20(11-16-15(13)9-18-19(16)2)17(21)7-6-14-5-4-8-23-14/h4-9,13H,3,10-12H2,1-2H3/b7-6+/t13-/m1/s1. The van der Waals surface area contributed by atoms with Gasteiger partial charge in [-0.3, -0.25) is 9.48 Å². The van der Waals surface area contributed by atoms with Gasteiger partial charge in [0, 0.05) is 42.6 Å². The summed E-state index contributed by atoms with van der Waals surface area (Å²) >= 11 is 1.62. The minimum absolute atomic E-state index is 0.0340. The number of nitrogens with zero attached hydrogens (tertiary/aromatic N) is 3. The molecule has 0 unspecified atom stereocenters. The second-order valence-corrected chi connectivity index (χ2v) is 6.57. The monoisotopic (exact) mass is 331 g/mol. The van der Waals surface area contributed by atoms with E-state index in [0.29, 0.717) is 26.3 Å². The Morgan fingerprint density at radius 3 is 3.17 bits per heavy atom. The second kappa shape index (κ2) is 7.10. The zero-order chi connectivity index (χ0) is 16.2. The number of ether oxygens (including phenoxy) is 1. The van der Waals surface area contributed by atoms with Gasteiger partial charge in [-0.15, -0.1) is 11.3 Å². The third-order valence-electron chi connectivity index (χ3n) is 4.08. The molecule has 1 atom stereocenters. The van der Waals surface area contributed by atoms with Crippen LogP contribution in [0.4, 0.5) is 0 Å². The lowest BCUT2D eigenvalue weighted by Crippen LogP contribution is -2.39. The number of hydrogen-bond donors (Lipinski definition) is 0. The molecule has 3 rings (SSSR count). The minimum atomic E-state index is 0.0340. The highest BCUT2D eigenvalue weighted by Crippen LogP contribution is 2.28. The van der Waals surface area contributed by atoms with E-state index in [4.69, 9.17) is 4.74 Å². The van der Waals surface area contributed by atoms with Crippen LogP contribution in [-0.2, 0) is 23.1 Å². The molecular formula is C17H21N3O2S. The van der Waals surface area contributed by atoms with E-state index in [9.17, 15) is 4.79 Å². The summed E-state index contributed by atoms with van der Waals surface area (Å²) in [6.45, 7) is 4.56. The zero-order valence-electron chi connectivity index (χ0n) is 13.4. The predicted molar refractivity (Wildman–Crippen MR) is 91.2 cm³/mol. The Kier molecular flexibility index (Phi) is 4.93. The number of fused-ring (bicyclic) bond motifs is 1. The van der Waals surface area contributed by atoms with Gasteiger partial charge < -0.3 is 9.64 Å². The first-order valence-electron chi connectivity index (χ1n) is 7.78. The average molecular weight is 331 g/mol. The number of hydrogen-bond acceptors (Lipinski definition) is 4. The van der Waals surface area contributed by atoms with Gasteiger partial charge in [0.25, 0.3) is 0 Å². The van der Waals surface area contributed by atoms with Crippen molar-refractivity contribution >= 4 is 23.3 Å². The maximum atomic E-state index is 12.5. The molecule has 1 aliphatic rings. The van der Waals surface area contributed by atoms with Crippen molar-refractivity contribution in [1.29, 1.82) is 0 Å². The molecule has 122 valence electrons. The normalized spacial score (nSPS) is 17.7. The van der Waals surface area contributed by atoms with Crippen LogP contribution in [0.3, 0.4) is 0 Å². The molecule has 0 radical (unpaired) electrons. The maximum Gasteiger partial charge on any atom is 0.246 e. The van der Waals surface area contributed by atoms with Crippen LogP contribution in [0.15, 0.2) is 29.8 Å². The van der Waals surface area contributed by atoms with Gasteiger partial charge in [-0.25, -0.2) is 0 Å². The molecule has 1 aliphatic heterocycles. The summed E-state index contributed by atoms with van der Waals surface area (Å²) in [6.07, 6.45) is 5.44. The molecule has 0 spiro atoms. The highest BCUT2D eigenvalue weighted by atomic mass is 32.1. The van der Waals surface area contributed by atoms with Crippen molar-refractivity contribution in [1.82, 2.24) is 14.7 Å². The maximum absolute atomic E-state index is 12.5. The lowest BCUT2D eigenvalue weighted by Gasteiger charge is -2.32. The number of carbonyl (C=O) groups is 1. The fourth-order valence-electron chi connectivity index (χ4n) is 2.84. The van der Waals surface area contributed by atoms with Crippen molar-refractivity contribution in [2.45, 2.75) is 19.4 Å². The SMILES string of the molecule is CCOC[C@H]1CN(C(=O)/C=C/c2cccs2)Cc2c1cnn2C. The Hall–Kier alpha value is -1.92. The van der Waals surface area contributed by atoms with Crippen molar-refractivity contribution in [2.24, 2.45) is 7.05 Å². The van der Waals surface area contributed by atoms with Crippen molar-refractivity contribution in [3.8, 4) is 0 Å². The summed E-state index contributed by atoms with van der Waals surface area (Å²) in [4.78, 5) is 15.5. The summed E-state index contributed by atoms with van der Waals surface area (Å²) < 4.78 is 7.45. The summed E-state index contributed by atoms with van der Waals surface area (Å²) in [5.41, 5.74) is 2.30. The van der Waals surface area contributed by atoms with Crippen molar-refractivity contribution < 1.29 is 9.53 Å². The third-order valence-corrected chi connectivity index (χ3v) is 4.92. The van der Waals surface area contributed by atoms with E-state index in [2.05, 4.69) is 5.10 Å². The molecule has 0 bridgehead atoms. The Balaban J connectivity index is 1.76. The van der Waals surface area contributed by atoms with E-state index in [1.807, 2.05) is 53.3 Å². The van der Waals surface area contributed by atoms with Gasteiger partial charge in [0.15, 0.2) is 0 Å². The van der Waals surface area contributed by atoms with Gasteiger partial charge >= 0.3 is 0 Å².